The molecule has 0 aromatic rings. The van der Waals surface area contributed by atoms with Crippen LogP contribution in [0.5, 0.6) is 0 Å². The largest absolute Gasteiger partial charge is 0.381 e. The van der Waals surface area contributed by atoms with Gasteiger partial charge in [-0.1, -0.05) is 33.3 Å². The third kappa shape index (κ3) is 4.07. The summed E-state index contributed by atoms with van der Waals surface area (Å²) in [5, 5.41) is 0. The van der Waals surface area contributed by atoms with Crippen molar-refractivity contribution in [3.05, 3.63) is 12.3 Å². The first-order valence-electron chi connectivity index (χ1n) is 4.45. The Balaban J connectivity index is 3.64. The van der Waals surface area contributed by atoms with Gasteiger partial charge in [-0.2, -0.15) is 0 Å². The highest BCUT2D eigenvalue weighted by Crippen LogP contribution is 2.16. The Hall–Kier alpha value is -0.460. The summed E-state index contributed by atoms with van der Waals surface area (Å²) in [4.78, 5) is 2.11. The second-order valence-electron chi connectivity index (χ2n) is 3.43. The number of allylic oxidation sites excluding steroid dienone is 1. The van der Waals surface area contributed by atoms with Crippen molar-refractivity contribution in [1.82, 2.24) is 4.90 Å². The molecule has 0 radical (unpaired) electrons. The van der Waals surface area contributed by atoms with Gasteiger partial charge in [-0.3, -0.25) is 0 Å². The lowest BCUT2D eigenvalue weighted by Gasteiger charge is -2.21. The minimum absolute atomic E-state index is 0.643. The molecule has 0 N–H and O–H groups in total. The van der Waals surface area contributed by atoms with Gasteiger partial charge in [0.2, 0.25) is 0 Å². The molecule has 1 heteroatoms. The zero-order valence-corrected chi connectivity index (χ0v) is 8.35. The monoisotopic (exact) mass is 155 g/mol. The molecule has 0 saturated heterocycles. The van der Waals surface area contributed by atoms with E-state index in [4.69, 9.17) is 0 Å². The zero-order valence-electron chi connectivity index (χ0n) is 8.35. The zero-order chi connectivity index (χ0) is 8.85. The van der Waals surface area contributed by atoms with E-state index in [1.165, 1.54) is 25.0 Å². The second-order valence-corrected chi connectivity index (χ2v) is 3.43. The third-order valence-electron chi connectivity index (χ3n) is 2.13. The van der Waals surface area contributed by atoms with E-state index in [-0.39, 0.29) is 0 Å². The van der Waals surface area contributed by atoms with Crippen LogP contribution in [0.4, 0.5) is 0 Å². The van der Waals surface area contributed by atoms with Gasteiger partial charge in [-0.15, -0.1) is 0 Å². The molecule has 0 rings (SSSR count). The van der Waals surface area contributed by atoms with Gasteiger partial charge in [0, 0.05) is 19.8 Å². The fourth-order valence-electron chi connectivity index (χ4n) is 1.12. The highest BCUT2D eigenvalue weighted by Gasteiger charge is 2.06. The van der Waals surface area contributed by atoms with E-state index in [0.29, 0.717) is 5.92 Å². The first-order chi connectivity index (χ1) is 5.09. The molecule has 0 aliphatic carbocycles. The molecule has 1 atom stereocenters. The first-order valence-corrected chi connectivity index (χ1v) is 4.45. The maximum atomic E-state index is 4.03. The highest BCUT2D eigenvalue weighted by atomic mass is 15.1. The van der Waals surface area contributed by atoms with Gasteiger partial charge in [0.1, 0.15) is 0 Å². The summed E-state index contributed by atoms with van der Waals surface area (Å²) >= 11 is 0. The summed E-state index contributed by atoms with van der Waals surface area (Å²) in [5.41, 5.74) is 1.25. The van der Waals surface area contributed by atoms with E-state index in [9.17, 15) is 0 Å². The van der Waals surface area contributed by atoms with Crippen LogP contribution >= 0.6 is 0 Å². The van der Waals surface area contributed by atoms with Crippen LogP contribution in [0.25, 0.3) is 0 Å². The highest BCUT2D eigenvalue weighted by molar-refractivity contribution is 4.95. The molecule has 0 aliphatic heterocycles. The predicted octanol–water partition coefficient (Wildman–Crippen LogP) is 2.89. The lowest BCUT2D eigenvalue weighted by molar-refractivity contribution is 0.412. The molecule has 0 saturated carbocycles. The molecular formula is C10H21N. The minimum atomic E-state index is 0.643. The summed E-state index contributed by atoms with van der Waals surface area (Å²) in [5.74, 6) is 0.643. The van der Waals surface area contributed by atoms with Crippen LogP contribution in [0.2, 0.25) is 0 Å². The molecule has 0 fully saturated rings. The fourth-order valence-corrected chi connectivity index (χ4v) is 1.12. The molecule has 0 amide bonds. The SMILES string of the molecule is C=C(C(C)CCCC)N(C)C. The van der Waals surface area contributed by atoms with Crippen molar-refractivity contribution in [2.24, 2.45) is 5.92 Å². The number of nitrogens with zero attached hydrogens (tertiary/aromatic N) is 1. The fraction of sp³-hybridized carbons (Fsp3) is 0.800. The van der Waals surface area contributed by atoms with E-state index < -0.39 is 0 Å². The molecule has 11 heavy (non-hydrogen) atoms. The van der Waals surface area contributed by atoms with Crippen molar-refractivity contribution >= 4 is 0 Å². The summed E-state index contributed by atoms with van der Waals surface area (Å²) in [6.45, 7) is 8.51. The van der Waals surface area contributed by atoms with Gasteiger partial charge in [-0.05, 0) is 12.3 Å². The topological polar surface area (TPSA) is 3.24 Å². The molecule has 0 aromatic heterocycles. The smallest absolute Gasteiger partial charge is 0.00832 e. The van der Waals surface area contributed by atoms with E-state index >= 15 is 0 Å². The van der Waals surface area contributed by atoms with Crippen molar-refractivity contribution in [2.45, 2.75) is 33.1 Å². The average Bonchev–Trinajstić information content (AvgIpc) is 1.98. The molecular weight excluding hydrogens is 134 g/mol. The summed E-state index contributed by atoms with van der Waals surface area (Å²) < 4.78 is 0. The molecule has 0 heterocycles. The molecule has 0 aliphatic rings. The van der Waals surface area contributed by atoms with Gasteiger partial charge in [0.05, 0.1) is 0 Å². The normalized spacial score (nSPS) is 12.7. The van der Waals surface area contributed by atoms with Gasteiger partial charge < -0.3 is 4.90 Å². The first kappa shape index (κ1) is 10.5. The Morgan fingerprint density at radius 1 is 1.45 bits per heavy atom. The quantitative estimate of drug-likeness (QED) is 0.590. The van der Waals surface area contributed by atoms with E-state index in [1.807, 2.05) is 0 Å². The standard InChI is InChI=1S/C10H21N/c1-6-7-8-9(2)10(3)11(4)5/h9H,3,6-8H2,1-2,4-5H3. The Bertz CT molecular complexity index is 116. The number of hydrogen-bond donors (Lipinski definition) is 0. The number of hydrogen-bond acceptors (Lipinski definition) is 1. The van der Waals surface area contributed by atoms with Gasteiger partial charge in [0.15, 0.2) is 0 Å². The minimum Gasteiger partial charge on any atom is -0.381 e. The maximum absolute atomic E-state index is 4.03. The van der Waals surface area contributed by atoms with E-state index in [2.05, 4.69) is 39.4 Å². The van der Waals surface area contributed by atoms with Gasteiger partial charge in [0.25, 0.3) is 0 Å². The Kier molecular flexibility index (Phi) is 5.01. The number of rotatable bonds is 5. The van der Waals surface area contributed by atoms with E-state index in [1.54, 1.807) is 0 Å². The van der Waals surface area contributed by atoms with Crippen molar-refractivity contribution in [2.75, 3.05) is 14.1 Å². The van der Waals surface area contributed by atoms with Crippen LogP contribution in [-0.4, -0.2) is 19.0 Å². The van der Waals surface area contributed by atoms with Crippen molar-refractivity contribution in [3.63, 3.8) is 0 Å². The molecule has 1 unspecified atom stereocenters. The Labute approximate surface area is 71.1 Å². The summed E-state index contributed by atoms with van der Waals surface area (Å²) in [7, 11) is 4.12. The summed E-state index contributed by atoms with van der Waals surface area (Å²) in [6, 6.07) is 0. The molecule has 1 nitrogen and oxygen atoms in total. The average molecular weight is 155 g/mol. The molecule has 0 spiro atoms. The second kappa shape index (κ2) is 5.22. The molecule has 66 valence electrons. The van der Waals surface area contributed by atoms with E-state index in [0.717, 1.165) is 0 Å². The third-order valence-corrected chi connectivity index (χ3v) is 2.13. The summed E-state index contributed by atoms with van der Waals surface area (Å²) in [6.07, 6.45) is 3.87. The van der Waals surface area contributed by atoms with Gasteiger partial charge >= 0.3 is 0 Å². The lowest BCUT2D eigenvalue weighted by atomic mass is 10.0. The van der Waals surface area contributed by atoms with Crippen LogP contribution in [0.3, 0.4) is 0 Å². The predicted molar refractivity (Wildman–Crippen MR) is 51.5 cm³/mol. The van der Waals surface area contributed by atoms with Crippen LogP contribution in [0.1, 0.15) is 33.1 Å². The Morgan fingerprint density at radius 3 is 2.36 bits per heavy atom. The lowest BCUT2D eigenvalue weighted by Crippen LogP contribution is -2.16. The Morgan fingerprint density at radius 2 is 2.00 bits per heavy atom. The molecule has 0 aromatic carbocycles. The molecule has 0 bridgehead atoms. The van der Waals surface area contributed by atoms with Crippen LogP contribution in [0.15, 0.2) is 12.3 Å². The van der Waals surface area contributed by atoms with Crippen molar-refractivity contribution in [1.29, 1.82) is 0 Å². The van der Waals surface area contributed by atoms with Crippen LogP contribution < -0.4 is 0 Å². The van der Waals surface area contributed by atoms with Crippen LogP contribution in [0, 0.1) is 5.92 Å². The van der Waals surface area contributed by atoms with Crippen molar-refractivity contribution < 1.29 is 0 Å². The van der Waals surface area contributed by atoms with Crippen LogP contribution in [-0.2, 0) is 0 Å². The maximum Gasteiger partial charge on any atom is 0.00832 e. The van der Waals surface area contributed by atoms with Gasteiger partial charge in [-0.25, -0.2) is 0 Å². The number of unbranched alkanes of at least 4 members (excludes halogenated alkanes) is 1. The van der Waals surface area contributed by atoms with Crippen molar-refractivity contribution in [3.8, 4) is 0 Å².